The number of carbonyl (C=O) groups excluding carboxylic acids is 2. The summed E-state index contributed by atoms with van der Waals surface area (Å²) in [6.45, 7) is 5.88. The molecular formula is C13H24N2O4. The van der Waals surface area contributed by atoms with E-state index in [-0.39, 0.29) is 6.04 Å². The third-order valence-corrected chi connectivity index (χ3v) is 3.11. The van der Waals surface area contributed by atoms with Crippen molar-refractivity contribution in [3.8, 4) is 0 Å². The van der Waals surface area contributed by atoms with Gasteiger partial charge < -0.3 is 14.4 Å². The van der Waals surface area contributed by atoms with Crippen LogP contribution in [0.3, 0.4) is 0 Å². The summed E-state index contributed by atoms with van der Waals surface area (Å²) in [5.41, 5.74) is -0.575. The van der Waals surface area contributed by atoms with E-state index in [1.54, 1.807) is 20.8 Å². The molecule has 0 aliphatic carbocycles. The summed E-state index contributed by atoms with van der Waals surface area (Å²) in [4.78, 5) is 27.4. The smallest absolute Gasteiger partial charge is 0.411 e. The summed E-state index contributed by atoms with van der Waals surface area (Å²) in [6.07, 6.45) is 0.103. The minimum atomic E-state index is -0.575. The zero-order valence-electron chi connectivity index (χ0n) is 12.6. The molecule has 6 nitrogen and oxygen atoms in total. The number of amides is 1. The Bertz CT molecular complexity index is 349. The summed E-state index contributed by atoms with van der Waals surface area (Å²) in [7, 11) is 5.19. The highest BCUT2D eigenvalue weighted by Crippen LogP contribution is 2.24. The molecule has 1 aliphatic heterocycles. The minimum Gasteiger partial charge on any atom is -0.467 e. The van der Waals surface area contributed by atoms with Crippen molar-refractivity contribution in [2.75, 3.05) is 27.7 Å². The summed E-state index contributed by atoms with van der Waals surface area (Å²) in [5, 5.41) is 0. The molecule has 1 heterocycles. The maximum Gasteiger partial charge on any atom is 0.411 e. The molecule has 0 aromatic carbocycles. The normalized spacial score (nSPS) is 23.6. The lowest BCUT2D eigenvalue weighted by Crippen LogP contribution is -2.44. The zero-order chi connectivity index (χ0) is 14.8. The molecule has 0 N–H and O–H groups in total. The average Bonchev–Trinajstić information content (AvgIpc) is 2.70. The molecule has 0 aromatic heterocycles. The molecule has 1 saturated heterocycles. The van der Waals surface area contributed by atoms with Gasteiger partial charge in [-0.2, -0.15) is 0 Å². The summed E-state index contributed by atoms with van der Waals surface area (Å²) < 4.78 is 10.1. The van der Waals surface area contributed by atoms with E-state index in [0.29, 0.717) is 13.0 Å². The van der Waals surface area contributed by atoms with Crippen LogP contribution in [-0.4, -0.2) is 67.3 Å². The number of likely N-dealkylation sites (tertiary alicyclic amines) is 1. The van der Waals surface area contributed by atoms with E-state index in [2.05, 4.69) is 0 Å². The lowest BCUT2D eigenvalue weighted by molar-refractivity contribution is -0.145. The van der Waals surface area contributed by atoms with E-state index in [0.717, 1.165) is 0 Å². The largest absolute Gasteiger partial charge is 0.467 e. The molecule has 1 rings (SSSR count). The summed E-state index contributed by atoms with van der Waals surface area (Å²) >= 11 is 0. The van der Waals surface area contributed by atoms with Crippen LogP contribution in [0.4, 0.5) is 4.79 Å². The molecular weight excluding hydrogens is 248 g/mol. The van der Waals surface area contributed by atoms with Gasteiger partial charge in [-0.05, 0) is 41.3 Å². The van der Waals surface area contributed by atoms with Crippen LogP contribution in [0.5, 0.6) is 0 Å². The van der Waals surface area contributed by atoms with Crippen molar-refractivity contribution in [3.63, 3.8) is 0 Å². The van der Waals surface area contributed by atoms with Gasteiger partial charge in [0.2, 0.25) is 0 Å². The number of hydrogen-bond acceptors (Lipinski definition) is 5. The minimum absolute atomic E-state index is 0.136. The van der Waals surface area contributed by atoms with E-state index in [9.17, 15) is 9.59 Å². The molecule has 1 fully saturated rings. The van der Waals surface area contributed by atoms with Crippen LogP contribution in [0.2, 0.25) is 0 Å². The predicted octanol–water partition coefficient (Wildman–Crippen LogP) is 1.10. The first kappa shape index (κ1) is 15.8. The van der Waals surface area contributed by atoms with Crippen LogP contribution in [0.15, 0.2) is 0 Å². The first-order chi connectivity index (χ1) is 8.65. The van der Waals surface area contributed by atoms with Crippen molar-refractivity contribution >= 4 is 12.1 Å². The molecule has 2 atom stereocenters. The molecule has 1 amide bonds. The van der Waals surface area contributed by atoms with Crippen LogP contribution in [-0.2, 0) is 14.3 Å². The Kier molecular flexibility index (Phi) is 4.79. The van der Waals surface area contributed by atoms with Crippen molar-refractivity contribution in [3.05, 3.63) is 0 Å². The fourth-order valence-electron chi connectivity index (χ4n) is 2.07. The van der Waals surface area contributed by atoms with Crippen molar-refractivity contribution < 1.29 is 19.1 Å². The van der Waals surface area contributed by atoms with E-state index in [4.69, 9.17) is 9.47 Å². The molecule has 110 valence electrons. The second-order valence-electron chi connectivity index (χ2n) is 6.02. The SMILES string of the molecule is COC(=O)[C@@H]1C[C@H](N(C)C)CN1C(=O)OC(C)(C)C. The maximum atomic E-state index is 12.1. The van der Waals surface area contributed by atoms with E-state index in [1.807, 2.05) is 19.0 Å². The molecule has 1 aliphatic rings. The van der Waals surface area contributed by atoms with Gasteiger partial charge >= 0.3 is 12.1 Å². The third-order valence-electron chi connectivity index (χ3n) is 3.11. The first-order valence-corrected chi connectivity index (χ1v) is 6.39. The van der Waals surface area contributed by atoms with E-state index < -0.39 is 23.7 Å². The van der Waals surface area contributed by atoms with E-state index in [1.165, 1.54) is 12.0 Å². The summed E-state index contributed by atoms with van der Waals surface area (Å²) in [5.74, 6) is -0.393. The number of hydrogen-bond donors (Lipinski definition) is 0. The van der Waals surface area contributed by atoms with Gasteiger partial charge in [-0.25, -0.2) is 9.59 Å². The number of carbonyl (C=O) groups is 2. The summed E-state index contributed by atoms with van der Waals surface area (Å²) in [6, 6.07) is -0.427. The topological polar surface area (TPSA) is 59.1 Å². The number of nitrogens with zero attached hydrogens (tertiary/aromatic N) is 2. The van der Waals surface area contributed by atoms with Gasteiger partial charge in [0, 0.05) is 12.6 Å². The Balaban J connectivity index is 2.83. The van der Waals surface area contributed by atoms with Crippen molar-refractivity contribution in [1.29, 1.82) is 0 Å². The second-order valence-corrected chi connectivity index (χ2v) is 6.02. The highest BCUT2D eigenvalue weighted by atomic mass is 16.6. The number of likely N-dealkylation sites (N-methyl/N-ethyl adjacent to an activating group) is 1. The monoisotopic (exact) mass is 272 g/mol. The van der Waals surface area contributed by atoms with Crippen LogP contribution in [0.1, 0.15) is 27.2 Å². The number of ether oxygens (including phenoxy) is 2. The quantitative estimate of drug-likeness (QED) is 0.704. The second kappa shape index (κ2) is 5.77. The third kappa shape index (κ3) is 4.09. The number of esters is 1. The fourth-order valence-corrected chi connectivity index (χ4v) is 2.07. The van der Waals surface area contributed by atoms with Gasteiger partial charge in [-0.15, -0.1) is 0 Å². The molecule has 0 bridgehead atoms. The number of methoxy groups -OCH3 is 1. The predicted molar refractivity (Wildman–Crippen MR) is 70.8 cm³/mol. The highest BCUT2D eigenvalue weighted by Gasteiger charge is 2.42. The first-order valence-electron chi connectivity index (χ1n) is 6.39. The molecule has 6 heteroatoms. The van der Waals surface area contributed by atoms with Gasteiger partial charge in [0.05, 0.1) is 7.11 Å². The Morgan fingerprint density at radius 3 is 2.26 bits per heavy atom. The number of rotatable bonds is 2. The lowest BCUT2D eigenvalue weighted by atomic mass is 10.1. The van der Waals surface area contributed by atoms with Gasteiger partial charge in [-0.3, -0.25) is 4.90 Å². The van der Waals surface area contributed by atoms with Crippen molar-refractivity contribution in [1.82, 2.24) is 9.80 Å². The lowest BCUT2D eigenvalue weighted by Gasteiger charge is -2.27. The molecule has 19 heavy (non-hydrogen) atoms. The van der Waals surface area contributed by atoms with Crippen molar-refractivity contribution in [2.24, 2.45) is 0 Å². The molecule has 0 spiro atoms. The Labute approximate surface area is 114 Å². The van der Waals surface area contributed by atoms with Gasteiger partial charge in [0.25, 0.3) is 0 Å². The fraction of sp³-hybridized carbons (Fsp3) is 0.846. The molecule has 0 saturated carbocycles. The Morgan fingerprint density at radius 1 is 1.26 bits per heavy atom. The van der Waals surface area contributed by atoms with Crippen molar-refractivity contribution in [2.45, 2.75) is 44.9 Å². The van der Waals surface area contributed by atoms with Gasteiger partial charge in [-0.1, -0.05) is 0 Å². The Morgan fingerprint density at radius 2 is 1.84 bits per heavy atom. The maximum absolute atomic E-state index is 12.1. The molecule has 0 unspecified atom stereocenters. The van der Waals surface area contributed by atoms with Crippen LogP contribution in [0, 0.1) is 0 Å². The van der Waals surface area contributed by atoms with Gasteiger partial charge in [0.15, 0.2) is 0 Å². The molecule has 0 aromatic rings. The van der Waals surface area contributed by atoms with E-state index >= 15 is 0 Å². The van der Waals surface area contributed by atoms with Crippen LogP contribution < -0.4 is 0 Å². The van der Waals surface area contributed by atoms with Gasteiger partial charge in [0.1, 0.15) is 11.6 Å². The molecule has 0 radical (unpaired) electrons. The highest BCUT2D eigenvalue weighted by molar-refractivity contribution is 5.82. The zero-order valence-corrected chi connectivity index (χ0v) is 12.6. The average molecular weight is 272 g/mol. The van der Waals surface area contributed by atoms with Crippen LogP contribution >= 0.6 is 0 Å². The van der Waals surface area contributed by atoms with Crippen LogP contribution in [0.25, 0.3) is 0 Å². The Hall–Kier alpha value is -1.30. The standard InChI is InChI=1S/C13H24N2O4/c1-13(2,3)19-12(17)15-8-9(14(4)5)7-10(15)11(16)18-6/h9-10H,7-8H2,1-6H3/t9-,10-/m0/s1.